The van der Waals surface area contributed by atoms with Crippen molar-refractivity contribution in [1.82, 2.24) is 5.32 Å². The molecule has 0 fully saturated rings. The molecule has 0 aliphatic carbocycles. The fraction of sp³-hybridized carbons (Fsp3) is 0.913. The average Bonchev–Trinajstić information content (AvgIpc) is 2.57. The highest BCUT2D eigenvalue weighted by atomic mass is 16.1. The van der Waals surface area contributed by atoms with Gasteiger partial charge in [0.25, 0.3) is 0 Å². The standard InChI is InChI=1S/C23H47N2O/c1-7-9-11-12-13-14-15-16-17-19-23(26)24-22(18-10-8-2)20-21(3)25(4,5)6/h21-22H,3,7-20H2,1-2,4-6H3/p+1. The van der Waals surface area contributed by atoms with Gasteiger partial charge in [0, 0.05) is 25.8 Å². The van der Waals surface area contributed by atoms with Gasteiger partial charge in [-0.1, -0.05) is 78.1 Å². The maximum Gasteiger partial charge on any atom is 0.220 e. The molecule has 3 nitrogen and oxygen atoms in total. The average molecular weight is 369 g/mol. The summed E-state index contributed by atoms with van der Waals surface area (Å²) in [5.41, 5.74) is 0. The summed E-state index contributed by atoms with van der Waals surface area (Å²) in [4.78, 5) is 12.3. The van der Waals surface area contributed by atoms with Gasteiger partial charge in [-0.25, -0.2) is 0 Å². The molecule has 0 rings (SSSR count). The van der Waals surface area contributed by atoms with Crippen LogP contribution in [0.3, 0.4) is 0 Å². The Morgan fingerprint density at radius 2 is 1.35 bits per heavy atom. The minimum absolute atomic E-state index is 0.239. The molecular weight excluding hydrogens is 320 g/mol. The molecule has 0 spiro atoms. The summed E-state index contributed by atoms with van der Waals surface area (Å²) in [5.74, 6) is 0.239. The molecule has 155 valence electrons. The van der Waals surface area contributed by atoms with Crippen molar-refractivity contribution in [1.29, 1.82) is 0 Å². The van der Waals surface area contributed by atoms with E-state index in [0.717, 1.165) is 23.7 Å². The van der Waals surface area contributed by atoms with Gasteiger partial charge in [-0.15, -0.1) is 0 Å². The predicted molar refractivity (Wildman–Crippen MR) is 115 cm³/mol. The zero-order valence-electron chi connectivity index (χ0n) is 18.6. The van der Waals surface area contributed by atoms with E-state index in [2.05, 4.69) is 47.2 Å². The minimum Gasteiger partial charge on any atom is -0.353 e. The molecule has 0 aromatic carbocycles. The quantitative estimate of drug-likeness (QED) is 0.252. The van der Waals surface area contributed by atoms with Crippen molar-refractivity contribution in [3.05, 3.63) is 6.92 Å². The van der Waals surface area contributed by atoms with Crippen molar-refractivity contribution < 1.29 is 9.28 Å². The van der Waals surface area contributed by atoms with Crippen LogP contribution in [0.15, 0.2) is 0 Å². The lowest BCUT2D eigenvalue weighted by molar-refractivity contribution is -0.890. The van der Waals surface area contributed by atoms with E-state index in [1.54, 1.807) is 0 Å². The Morgan fingerprint density at radius 3 is 1.85 bits per heavy atom. The molecule has 0 aromatic heterocycles. The number of carbonyl (C=O) groups excluding carboxylic acids is 1. The van der Waals surface area contributed by atoms with Gasteiger partial charge >= 0.3 is 0 Å². The first-order valence-corrected chi connectivity index (χ1v) is 11.2. The first-order chi connectivity index (χ1) is 12.3. The molecular formula is C23H48N2O+. The second kappa shape index (κ2) is 15.5. The SMILES string of the molecule is [CH2]C(CC(CCCC)NC(=O)CCCCCCCCCCC)[N+](C)(C)C. The largest absolute Gasteiger partial charge is 0.353 e. The maximum atomic E-state index is 12.3. The Kier molecular flexibility index (Phi) is 15.1. The Hall–Kier alpha value is -0.570. The van der Waals surface area contributed by atoms with E-state index < -0.39 is 0 Å². The van der Waals surface area contributed by atoms with Gasteiger partial charge in [-0.2, -0.15) is 0 Å². The molecule has 2 atom stereocenters. The molecule has 1 radical (unpaired) electrons. The molecule has 0 aliphatic rings. The van der Waals surface area contributed by atoms with Crippen molar-refractivity contribution in [3.63, 3.8) is 0 Å². The number of hydrogen-bond acceptors (Lipinski definition) is 1. The first-order valence-electron chi connectivity index (χ1n) is 11.2. The summed E-state index contributed by atoms with van der Waals surface area (Å²) >= 11 is 0. The van der Waals surface area contributed by atoms with Crippen LogP contribution in [0.25, 0.3) is 0 Å². The smallest absolute Gasteiger partial charge is 0.220 e. The number of rotatable bonds is 17. The molecule has 0 heterocycles. The lowest BCUT2D eigenvalue weighted by Crippen LogP contribution is -2.48. The number of carbonyl (C=O) groups is 1. The van der Waals surface area contributed by atoms with Crippen molar-refractivity contribution in [2.75, 3.05) is 21.1 Å². The molecule has 0 aromatic rings. The molecule has 0 aliphatic heterocycles. The molecule has 0 saturated heterocycles. The third-order valence-corrected chi connectivity index (χ3v) is 5.43. The summed E-state index contributed by atoms with van der Waals surface area (Å²) in [6.45, 7) is 8.78. The second-order valence-corrected chi connectivity index (χ2v) is 8.99. The summed E-state index contributed by atoms with van der Waals surface area (Å²) < 4.78 is 0.844. The Labute approximate surface area is 164 Å². The van der Waals surface area contributed by atoms with Crippen molar-refractivity contribution in [2.24, 2.45) is 0 Å². The molecule has 0 bridgehead atoms. The molecule has 26 heavy (non-hydrogen) atoms. The first kappa shape index (κ1) is 25.4. The zero-order valence-corrected chi connectivity index (χ0v) is 18.6. The van der Waals surface area contributed by atoms with Gasteiger partial charge in [-0.3, -0.25) is 4.79 Å². The van der Waals surface area contributed by atoms with Crippen molar-refractivity contribution in [3.8, 4) is 0 Å². The summed E-state index contributed by atoms with van der Waals surface area (Å²) in [7, 11) is 6.54. The maximum absolute atomic E-state index is 12.3. The lowest BCUT2D eigenvalue weighted by atomic mass is 10.0. The third kappa shape index (κ3) is 14.6. The minimum atomic E-state index is 0.239. The van der Waals surface area contributed by atoms with Gasteiger partial charge in [0.2, 0.25) is 5.91 Å². The van der Waals surface area contributed by atoms with Crippen LogP contribution in [0.5, 0.6) is 0 Å². The number of nitrogens with one attached hydrogen (secondary N) is 1. The number of nitrogens with zero attached hydrogens (tertiary/aromatic N) is 1. The predicted octanol–water partition coefficient (Wildman–Crippen LogP) is 5.88. The Balaban J connectivity index is 3.95. The summed E-state index contributed by atoms with van der Waals surface area (Å²) in [6, 6.07) is 0.589. The Morgan fingerprint density at radius 1 is 0.846 bits per heavy atom. The number of unbranched alkanes of at least 4 members (excludes halogenated alkanes) is 9. The van der Waals surface area contributed by atoms with Crippen LogP contribution in [-0.2, 0) is 4.79 Å². The number of amides is 1. The van der Waals surface area contributed by atoms with Gasteiger partial charge in [-0.05, 0) is 12.8 Å². The van der Waals surface area contributed by atoms with Crippen LogP contribution in [0.1, 0.15) is 104 Å². The second-order valence-electron chi connectivity index (χ2n) is 8.99. The van der Waals surface area contributed by atoms with E-state index >= 15 is 0 Å². The molecule has 2 unspecified atom stereocenters. The highest BCUT2D eigenvalue weighted by Gasteiger charge is 2.23. The van der Waals surface area contributed by atoms with Crippen LogP contribution in [0, 0.1) is 6.92 Å². The highest BCUT2D eigenvalue weighted by molar-refractivity contribution is 5.76. The number of hydrogen-bond donors (Lipinski definition) is 1. The number of quaternary nitrogens is 1. The van der Waals surface area contributed by atoms with Gasteiger partial charge < -0.3 is 9.80 Å². The molecule has 0 saturated carbocycles. The van der Waals surface area contributed by atoms with Crippen molar-refractivity contribution >= 4 is 5.91 Å². The van der Waals surface area contributed by atoms with Crippen LogP contribution in [0.4, 0.5) is 0 Å². The lowest BCUT2D eigenvalue weighted by Gasteiger charge is -2.34. The van der Waals surface area contributed by atoms with Crippen LogP contribution < -0.4 is 5.32 Å². The molecule has 3 heteroatoms. The van der Waals surface area contributed by atoms with Gasteiger partial charge in [0.1, 0.15) is 0 Å². The zero-order chi connectivity index (χ0) is 19.8. The van der Waals surface area contributed by atoms with Gasteiger partial charge in [0.15, 0.2) is 0 Å². The molecule has 1 N–H and O–H groups in total. The van der Waals surface area contributed by atoms with Crippen LogP contribution in [-0.4, -0.2) is 43.6 Å². The van der Waals surface area contributed by atoms with E-state index in [9.17, 15) is 4.79 Å². The summed E-state index contributed by atoms with van der Waals surface area (Å²) in [6.07, 6.45) is 16.7. The normalized spacial score (nSPS) is 14.2. The summed E-state index contributed by atoms with van der Waals surface area (Å²) in [5, 5.41) is 3.29. The topological polar surface area (TPSA) is 29.1 Å². The van der Waals surface area contributed by atoms with E-state index in [1.807, 2.05) is 0 Å². The van der Waals surface area contributed by atoms with E-state index in [0.29, 0.717) is 12.5 Å². The third-order valence-electron chi connectivity index (χ3n) is 5.43. The monoisotopic (exact) mass is 368 g/mol. The van der Waals surface area contributed by atoms with Crippen LogP contribution in [0.2, 0.25) is 0 Å². The Bertz CT molecular complexity index is 336. The van der Waals surface area contributed by atoms with Crippen LogP contribution >= 0.6 is 0 Å². The fourth-order valence-electron chi connectivity index (χ4n) is 3.24. The van der Waals surface area contributed by atoms with Gasteiger partial charge in [0.05, 0.1) is 27.2 Å². The van der Waals surface area contributed by atoms with Crippen molar-refractivity contribution in [2.45, 2.75) is 116 Å². The molecule has 1 amide bonds. The fourth-order valence-corrected chi connectivity index (χ4v) is 3.24. The van der Waals surface area contributed by atoms with E-state index in [1.165, 1.54) is 64.2 Å². The van der Waals surface area contributed by atoms with E-state index in [4.69, 9.17) is 0 Å². The van der Waals surface area contributed by atoms with E-state index in [-0.39, 0.29) is 11.9 Å². The highest BCUT2D eigenvalue weighted by Crippen LogP contribution is 2.15.